The summed E-state index contributed by atoms with van der Waals surface area (Å²) in [5.41, 5.74) is 2.91. The number of carbonyl (C=O) groups is 1. The Hall–Kier alpha value is -1.73. The van der Waals surface area contributed by atoms with Gasteiger partial charge in [0.1, 0.15) is 0 Å². The van der Waals surface area contributed by atoms with E-state index in [9.17, 15) is 10.1 Å². The number of nitriles is 1. The number of allylic oxidation sites excluding steroid dienone is 1. The van der Waals surface area contributed by atoms with Crippen molar-refractivity contribution in [1.29, 1.82) is 5.26 Å². The van der Waals surface area contributed by atoms with Gasteiger partial charge in [0.25, 0.3) is 0 Å². The van der Waals surface area contributed by atoms with Gasteiger partial charge in [-0.2, -0.15) is 5.26 Å². The molecular weight excluding hydrogens is 292 g/mol. The molecule has 0 fully saturated rings. The molecule has 1 atom stereocenters. The smallest absolute Gasteiger partial charge is 0.225 e. The second-order valence-corrected chi connectivity index (χ2v) is 7.21. The van der Waals surface area contributed by atoms with Crippen LogP contribution in [0.25, 0.3) is 0 Å². The summed E-state index contributed by atoms with van der Waals surface area (Å²) in [7, 11) is 0. The van der Waals surface area contributed by atoms with Crippen LogP contribution in [0, 0.1) is 24.2 Å². The Labute approximate surface area is 136 Å². The van der Waals surface area contributed by atoms with E-state index in [1.54, 1.807) is 11.8 Å². The maximum Gasteiger partial charge on any atom is 0.225 e. The zero-order valence-corrected chi connectivity index (χ0v) is 14.2. The van der Waals surface area contributed by atoms with Crippen molar-refractivity contribution < 1.29 is 4.79 Å². The highest BCUT2D eigenvalue weighted by Gasteiger charge is 2.29. The summed E-state index contributed by atoms with van der Waals surface area (Å²) in [6.45, 7) is 6.38. The Balaban J connectivity index is 2.26. The number of hydrogen-bond acceptors (Lipinski definition) is 3. The molecule has 3 nitrogen and oxygen atoms in total. The molecule has 0 aromatic heterocycles. The van der Waals surface area contributed by atoms with E-state index in [2.05, 4.69) is 25.2 Å². The third kappa shape index (κ3) is 4.14. The number of nitrogens with one attached hydrogen (secondary N) is 1. The SMILES string of the molecule is Cc1ccc([C@H]2CC(=O)NC(SCCC(C)C)=C2C#N)cc1. The molecule has 2 rings (SSSR count). The van der Waals surface area contributed by atoms with E-state index in [1.807, 2.05) is 31.2 Å². The van der Waals surface area contributed by atoms with Crippen LogP contribution in [-0.2, 0) is 4.79 Å². The van der Waals surface area contributed by atoms with Crippen LogP contribution in [0.5, 0.6) is 0 Å². The van der Waals surface area contributed by atoms with E-state index >= 15 is 0 Å². The quantitative estimate of drug-likeness (QED) is 0.889. The highest BCUT2D eigenvalue weighted by atomic mass is 32.2. The van der Waals surface area contributed by atoms with Crippen LogP contribution in [0.2, 0.25) is 0 Å². The lowest BCUT2D eigenvalue weighted by Gasteiger charge is -2.25. The molecule has 1 amide bonds. The summed E-state index contributed by atoms with van der Waals surface area (Å²) in [4.78, 5) is 12.0. The summed E-state index contributed by atoms with van der Waals surface area (Å²) in [6, 6.07) is 10.4. The molecule has 1 N–H and O–H groups in total. The lowest BCUT2D eigenvalue weighted by atomic mass is 9.87. The maximum atomic E-state index is 12.0. The van der Waals surface area contributed by atoms with Gasteiger partial charge in [0.2, 0.25) is 5.91 Å². The predicted octanol–water partition coefficient (Wildman–Crippen LogP) is 4.11. The molecule has 22 heavy (non-hydrogen) atoms. The molecule has 0 bridgehead atoms. The maximum absolute atomic E-state index is 12.0. The molecule has 0 saturated heterocycles. The van der Waals surface area contributed by atoms with E-state index in [0.29, 0.717) is 17.9 Å². The first kappa shape index (κ1) is 16.6. The Bertz CT molecular complexity index is 611. The van der Waals surface area contributed by atoms with Crippen molar-refractivity contribution in [2.75, 3.05) is 5.75 Å². The second-order valence-electron chi connectivity index (χ2n) is 6.10. The topological polar surface area (TPSA) is 52.9 Å². The van der Waals surface area contributed by atoms with E-state index in [1.165, 1.54) is 5.56 Å². The van der Waals surface area contributed by atoms with Gasteiger partial charge >= 0.3 is 0 Å². The minimum absolute atomic E-state index is 0.00313. The van der Waals surface area contributed by atoms with Crippen molar-refractivity contribution >= 4 is 17.7 Å². The minimum Gasteiger partial charge on any atom is -0.320 e. The molecule has 1 aromatic rings. The van der Waals surface area contributed by atoms with Gasteiger partial charge in [0, 0.05) is 12.3 Å². The highest BCUT2D eigenvalue weighted by molar-refractivity contribution is 8.03. The lowest BCUT2D eigenvalue weighted by Crippen LogP contribution is -2.31. The van der Waals surface area contributed by atoms with Crippen LogP contribution in [-0.4, -0.2) is 11.7 Å². The summed E-state index contributed by atoms with van der Waals surface area (Å²) in [6.07, 6.45) is 1.41. The van der Waals surface area contributed by atoms with Gasteiger partial charge in [0.15, 0.2) is 0 Å². The standard InChI is InChI=1S/C18H22N2OS/c1-12(2)8-9-22-18-16(11-19)15(10-17(21)20-18)14-6-4-13(3)5-7-14/h4-7,12,15H,8-10H2,1-3H3,(H,20,21)/t15-/m1/s1. The lowest BCUT2D eigenvalue weighted by molar-refractivity contribution is -0.120. The molecule has 1 heterocycles. The fourth-order valence-corrected chi connectivity index (χ4v) is 3.74. The van der Waals surface area contributed by atoms with Crippen LogP contribution in [0.1, 0.15) is 43.7 Å². The number of benzene rings is 1. The van der Waals surface area contributed by atoms with Crippen molar-refractivity contribution in [3.8, 4) is 6.07 Å². The third-order valence-electron chi connectivity index (χ3n) is 3.78. The van der Waals surface area contributed by atoms with Gasteiger partial charge in [-0.15, -0.1) is 11.8 Å². The zero-order chi connectivity index (χ0) is 16.1. The third-order valence-corrected chi connectivity index (χ3v) is 4.83. The number of thioether (sulfide) groups is 1. The monoisotopic (exact) mass is 314 g/mol. The first-order chi connectivity index (χ1) is 10.5. The number of nitrogens with zero attached hydrogens (tertiary/aromatic N) is 1. The van der Waals surface area contributed by atoms with Gasteiger partial charge in [-0.05, 0) is 30.6 Å². The molecule has 1 aliphatic rings. The second kappa shape index (κ2) is 7.51. The summed E-state index contributed by atoms with van der Waals surface area (Å²) in [5, 5.41) is 13.2. The fraction of sp³-hybridized carbons (Fsp3) is 0.444. The van der Waals surface area contributed by atoms with Crippen LogP contribution in [0.4, 0.5) is 0 Å². The summed E-state index contributed by atoms with van der Waals surface area (Å²) < 4.78 is 0. The molecular formula is C18H22N2OS. The Morgan fingerprint density at radius 3 is 2.64 bits per heavy atom. The van der Waals surface area contributed by atoms with Crippen molar-refractivity contribution in [2.24, 2.45) is 5.92 Å². The average Bonchev–Trinajstić information content (AvgIpc) is 2.47. The van der Waals surface area contributed by atoms with E-state index < -0.39 is 0 Å². The van der Waals surface area contributed by atoms with Crippen molar-refractivity contribution in [3.63, 3.8) is 0 Å². The molecule has 4 heteroatoms. The van der Waals surface area contributed by atoms with Crippen LogP contribution in [0.3, 0.4) is 0 Å². The molecule has 0 unspecified atom stereocenters. The Kier molecular flexibility index (Phi) is 5.68. The van der Waals surface area contributed by atoms with Gasteiger partial charge in [-0.25, -0.2) is 0 Å². The first-order valence-electron chi connectivity index (χ1n) is 7.64. The minimum atomic E-state index is -0.124. The van der Waals surface area contributed by atoms with Gasteiger partial charge in [-0.1, -0.05) is 43.7 Å². The average molecular weight is 314 g/mol. The molecule has 0 spiro atoms. The van der Waals surface area contributed by atoms with Gasteiger partial charge in [-0.3, -0.25) is 4.79 Å². The summed E-state index contributed by atoms with van der Waals surface area (Å²) >= 11 is 1.59. The van der Waals surface area contributed by atoms with E-state index in [4.69, 9.17) is 0 Å². The summed E-state index contributed by atoms with van der Waals surface area (Å²) in [5.74, 6) is 1.40. The number of hydrogen-bond donors (Lipinski definition) is 1. The number of aryl methyl sites for hydroxylation is 1. The number of rotatable bonds is 5. The van der Waals surface area contributed by atoms with Crippen LogP contribution < -0.4 is 5.32 Å². The highest BCUT2D eigenvalue weighted by Crippen LogP contribution is 2.36. The fourth-order valence-electron chi connectivity index (χ4n) is 2.41. The molecule has 1 aliphatic heterocycles. The Morgan fingerprint density at radius 2 is 2.05 bits per heavy atom. The van der Waals surface area contributed by atoms with Gasteiger partial charge in [0.05, 0.1) is 16.7 Å². The predicted molar refractivity (Wildman–Crippen MR) is 91.2 cm³/mol. The largest absolute Gasteiger partial charge is 0.320 e. The number of carbonyl (C=O) groups excluding carboxylic acids is 1. The van der Waals surface area contributed by atoms with E-state index in [-0.39, 0.29) is 11.8 Å². The normalized spacial score (nSPS) is 18.3. The zero-order valence-electron chi connectivity index (χ0n) is 13.3. The Morgan fingerprint density at radius 1 is 1.36 bits per heavy atom. The van der Waals surface area contributed by atoms with Gasteiger partial charge < -0.3 is 5.32 Å². The van der Waals surface area contributed by atoms with Crippen molar-refractivity contribution in [1.82, 2.24) is 5.32 Å². The molecule has 1 aromatic carbocycles. The first-order valence-corrected chi connectivity index (χ1v) is 8.63. The van der Waals surface area contributed by atoms with Crippen LogP contribution in [0.15, 0.2) is 34.9 Å². The van der Waals surface area contributed by atoms with Crippen molar-refractivity contribution in [3.05, 3.63) is 46.0 Å². The molecule has 0 aliphatic carbocycles. The molecule has 0 saturated carbocycles. The number of amides is 1. The van der Waals surface area contributed by atoms with E-state index in [0.717, 1.165) is 22.8 Å². The molecule has 116 valence electrons. The van der Waals surface area contributed by atoms with Crippen molar-refractivity contribution in [2.45, 2.75) is 39.5 Å². The van der Waals surface area contributed by atoms with Crippen LogP contribution >= 0.6 is 11.8 Å². The molecule has 0 radical (unpaired) electrons.